The molecule has 4 aliphatic carbocycles. The lowest BCUT2D eigenvalue weighted by molar-refractivity contribution is -0.342. The van der Waals surface area contributed by atoms with Crippen LogP contribution in [0.5, 0.6) is 0 Å². The molecule has 0 aromatic carbocycles. The standard InChI is InChI=1S/C29H46O12/c1-13-22(34)23(35)24(36)25(40-13)41-15-8-19(32)28(12-30)21-17(3-5-27(28,37)9-15)29(38)6-4-16(14-7-20(33)39-11-14)26(29,2)10-18(21)31/h13-19,21-25,30-32,34-38H,3-12H2,1-2H3/t13?,14?,15?,16?,17?,18?,19?,21?,22?,23?,24?,25?,26-,27+,28-,29+/m1/s1. The third-order valence-electron chi connectivity index (χ3n) is 12.6. The molecule has 12 nitrogen and oxygen atoms in total. The highest BCUT2D eigenvalue weighted by Crippen LogP contribution is 2.71. The molecule has 0 amide bonds. The van der Waals surface area contributed by atoms with Gasteiger partial charge in [0.15, 0.2) is 6.29 Å². The summed E-state index contributed by atoms with van der Waals surface area (Å²) in [6.07, 6.45) is -7.60. The zero-order valence-electron chi connectivity index (χ0n) is 23.7. The van der Waals surface area contributed by atoms with Crippen molar-refractivity contribution in [1.29, 1.82) is 0 Å². The van der Waals surface area contributed by atoms with Crippen LogP contribution in [-0.2, 0) is 19.0 Å². The molecule has 2 aliphatic heterocycles. The minimum atomic E-state index is -1.66. The van der Waals surface area contributed by atoms with Crippen LogP contribution >= 0.6 is 0 Å². The summed E-state index contributed by atoms with van der Waals surface area (Å²) in [5.41, 5.74) is -5.13. The summed E-state index contributed by atoms with van der Waals surface area (Å²) in [5, 5.41) is 89.7. The fraction of sp³-hybridized carbons (Fsp3) is 0.966. The van der Waals surface area contributed by atoms with E-state index in [4.69, 9.17) is 14.2 Å². The number of ether oxygens (including phenoxy) is 3. The Bertz CT molecular complexity index is 1030. The molecule has 0 radical (unpaired) electrons. The fourth-order valence-electron chi connectivity index (χ4n) is 10.5. The van der Waals surface area contributed by atoms with Crippen molar-refractivity contribution in [3.8, 4) is 0 Å². The fourth-order valence-corrected chi connectivity index (χ4v) is 10.5. The first-order valence-electron chi connectivity index (χ1n) is 15.1. The SMILES string of the molecule is CC1OC(OC2CC(O)[C@]3(CO)C4C(O)C[C@]5(C)C(C6COC(=O)C6)CC[C@]5(O)C4CC[C@]3(O)C2)C(O)C(O)C1O. The van der Waals surface area contributed by atoms with Gasteiger partial charge in [0.2, 0.25) is 0 Å². The molecule has 2 heterocycles. The highest BCUT2D eigenvalue weighted by molar-refractivity contribution is 5.71. The third-order valence-corrected chi connectivity index (χ3v) is 12.6. The molecule has 0 spiro atoms. The molecular weight excluding hydrogens is 540 g/mol. The second-order valence-corrected chi connectivity index (χ2v) is 14.2. The Morgan fingerprint density at radius 1 is 0.976 bits per heavy atom. The van der Waals surface area contributed by atoms with Gasteiger partial charge in [0.1, 0.15) is 18.3 Å². The van der Waals surface area contributed by atoms with E-state index in [-0.39, 0.29) is 49.9 Å². The molecule has 0 aromatic rings. The first kappa shape index (κ1) is 30.1. The maximum Gasteiger partial charge on any atom is 0.306 e. The Balaban J connectivity index is 1.27. The lowest BCUT2D eigenvalue weighted by Crippen LogP contribution is -2.76. The summed E-state index contributed by atoms with van der Waals surface area (Å²) in [6, 6.07) is 0. The predicted molar refractivity (Wildman–Crippen MR) is 139 cm³/mol. The molecule has 41 heavy (non-hydrogen) atoms. The lowest BCUT2D eigenvalue weighted by atomic mass is 9.40. The molecule has 0 bridgehead atoms. The number of fused-ring (bicyclic) bond motifs is 5. The van der Waals surface area contributed by atoms with Crippen LogP contribution < -0.4 is 0 Å². The Labute approximate surface area is 239 Å². The summed E-state index contributed by atoms with van der Waals surface area (Å²) >= 11 is 0. The molecule has 8 N–H and O–H groups in total. The van der Waals surface area contributed by atoms with Gasteiger partial charge < -0.3 is 55.1 Å². The third kappa shape index (κ3) is 4.05. The van der Waals surface area contributed by atoms with Crippen molar-refractivity contribution in [2.45, 2.75) is 125 Å². The van der Waals surface area contributed by atoms with Crippen LogP contribution in [0.15, 0.2) is 0 Å². The van der Waals surface area contributed by atoms with Gasteiger partial charge in [-0.2, -0.15) is 0 Å². The Morgan fingerprint density at radius 3 is 2.34 bits per heavy atom. The van der Waals surface area contributed by atoms with Gasteiger partial charge >= 0.3 is 5.97 Å². The Hall–Kier alpha value is -0.930. The summed E-state index contributed by atoms with van der Waals surface area (Å²) < 4.78 is 16.8. The number of carbonyl (C=O) groups is 1. The summed E-state index contributed by atoms with van der Waals surface area (Å²) in [6.45, 7) is 3.20. The van der Waals surface area contributed by atoms with E-state index in [2.05, 4.69) is 0 Å². The minimum Gasteiger partial charge on any atom is -0.465 e. The van der Waals surface area contributed by atoms with Gasteiger partial charge in [-0.15, -0.1) is 0 Å². The quantitative estimate of drug-likeness (QED) is 0.141. The smallest absolute Gasteiger partial charge is 0.306 e. The molecule has 2 saturated heterocycles. The number of aliphatic hydroxyl groups is 8. The number of aliphatic hydroxyl groups excluding tert-OH is 6. The average Bonchev–Trinajstić information content (AvgIpc) is 3.45. The summed E-state index contributed by atoms with van der Waals surface area (Å²) in [5.74, 6) is -1.63. The summed E-state index contributed by atoms with van der Waals surface area (Å²) in [4.78, 5) is 11.9. The van der Waals surface area contributed by atoms with Crippen LogP contribution in [-0.4, -0.2) is 120 Å². The molecular formula is C29H46O12. The number of carbonyl (C=O) groups excluding carboxylic acids is 1. The zero-order chi connectivity index (χ0) is 29.7. The molecule has 16 atom stereocenters. The molecule has 234 valence electrons. The van der Waals surface area contributed by atoms with Crippen LogP contribution in [0.3, 0.4) is 0 Å². The van der Waals surface area contributed by atoms with E-state index < -0.39 is 89.5 Å². The van der Waals surface area contributed by atoms with Crippen molar-refractivity contribution >= 4 is 5.97 Å². The number of cyclic esters (lactones) is 1. The van der Waals surface area contributed by atoms with Crippen molar-refractivity contribution in [2.75, 3.05) is 13.2 Å². The molecule has 6 aliphatic rings. The van der Waals surface area contributed by atoms with E-state index in [1.165, 1.54) is 6.92 Å². The van der Waals surface area contributed by atoms with Crippen molar-refractivity contribution in [3.05, 3.63) is 0 Å². The van der Waals surface area contributed by atoms with Crippen LogP contribution in [0.1, 0.15) is 65.2 Å². The monoisotopic (exact) mass is 586 g/mol. The van der Waals surface area contributed by atoms with E-state index in [0.29, 0.717) is 25.9 Å². The number of esters is 1. The van der Waals surface area contributed by atoms with Gasteiger partial charge in [-0.1, -0.05) is 6.92 Å². The highest BCUT2D eigenvalue weighted by Gasteiger charge is 2.75. The maximum absolute atomic E-state index is 12.4. The van der Waals surface area contributed by atoms with E-state index in [0.717, 1.165) is 0 Å². The number of hydrogen-bond donors (Lipinski definition) is 8. The van der Waals surface area contributed by atoms with Crippen molar-refractivity contribution in [1.82, 2.24) is 0 Å². The molecule has 12 heteroatoms. The van der Waals surface area contributed by atoms with Crippen LogP contribution in [0, 0.1) is 34.5 Å². The van der Waals surface area contributed by atoms with E-state index in [1.54, 1.807) is 0 Å². The normalized spacial score (nSPS) is 58.8. The highest BCUT2D eigenvalue weighted by atomic mass is 16.7. The van der Waals surface area contributed by atoms with Gasteiger partial charge in [-0.05, 0) is 50.9 Å². The molecule has 6 fully saturated rings. The molecule has 4 saturated carbocycles. The van der Waals surface area contributed by atoms with Crippen molar-refractivity contribution in [2.24, 2.45) is 34.5 Å². The van der Waals surface area contributed by atoms with Crippen LogP contribution in [0.4, 0.5) is 0 Å². The van der Waals surface area contributed by atoms with Gasteiger partial charge in [-0.3, -0.25) is 4.79 Å². The van der Waals surface area contributed by atoms with E-state index in [1.807, 2.05) is 6.92 Å². The minimum absolute atomic E-state index is 0.0278. The predicted octanol–water partition coefficient (Wildman–Crippen LogP) is -1.44. The van der Waals surface area contributed by atoms with Crippen LogP contribution in [0.2, 0.25) is 0 Å². The van der Waals surface area contributed by atoms with E-state index in [9.17, 15) is 45.6 Å². The Morgan fingerprint density at radius 2 is 1.68 bits per heavy atom. The first-order chi connectivity index (χ1) is 19.2. The van der Waals surface area contributed by atoms with Gasteiger partial charge in [0.05, 0.1) is 60.7 Å². The van der Waals surface area contributed by atoms with Gasteiger partial charge in [-0.25, -0.2) is 0 Å². The Kier molecular flexibility index (Phi) is 7.38. The number of hydrogen-bond acceptors (Lipinski definition) is 12. The van der Waals surface area contributed by atoms with Gasteiger partial charge in [0.25, 0.3) is 0 Å². The lowest BCUT2D eigenvalue weighted by Gasteiger charge is -2.68. The molecule has 6 rings (SSSR count). The average molecular weight is 587 g/mol. The van der Waals surface area contributed by atoms with Crippen molar-refractivity contribution in [3.63, 3.8) is 0 Å². The second kappa shape index (κ2) is 10.0. The van der Waals surface area contributed by atoms with Gasteiger partial charge in [0, 0.05) is 30.1 Å². The first-order valence-corrected chi connectivity index (χ1v) is 15.1. The van der Waals surface area contributed by atoms with Crippen molar-refractivity contribution < 1.29 is 59.9 Å². The topological polar surface area (TPSA) is 207 Å². The molecule has 12 unspecified atom stereocenters. The number of rotatable bonds is 4. The van der Waals surface area contributed by atoms with E-state index >= 15 is 0 Å². The zero-order valence-corrected chi connectivity index (χ0v) is 23.7. The maximum atomic E-state index is 12.4. The second-order valence-electron chi connectivity index (χ2n) is 14.2. The molecule has 0 aromatic heterocycles. The largest absolute Gasteiger partial charge is 0.465 e. The van der Waals surface area contributed by atoms with Crippen LogP contribution in [0.25, 0.3) is 0 Å². The summed E-state index contributed by atoms with van der Waals surface area (Å²) in [7, 11) is 0.